The lowest BCUT2D eigenvalue weighted by atomic mass is 10.2. The monoisotopic (exact) mass is 277 g/mol. The summed E-state index contributed by atoms with van der Waals surface area (Å²) in [7, 11) is 0. The number of phenolic OH excluding ortho intramolecular Hbond substituents is 1. The number of halogens is 1. The molecule has 2 rings (SSSR count). The van der Waals surface area contributed by atoms with Gasteiger partial charge in [0.2, 0.25) is 0 Å². The molecule has 0 fully saturated rings. The van der Waals surface area contributed by atoms with E-state index in [1.54, 1.807) is 6.07 Å². The van der Waals surface area contributed by atoms with Crippen LogP contribution in [0.2, 0.25) is 5.02 Å². The van der Waals surface area contributed by atoms with Gasteiger partial charge in [-0.15, -0.1) is 15.3 Å². The lowest BCUT2D eigenvalue weighted by Gasteiger charge is -2.05. The van der Waals surface area contributed by atoms with Crippen LogP contribution in [0.1, 0.15) is 5.56 Å². The van der Waals surface area contributed by atoms with Crippen molar-refractivity contribution in [2.75, 3.05) is 0 Å². The molecule has 2 N–H and O–H groups in total. The Kier molecular flexibility index (Phi) is 3.67. The van der Waals surface area contributed by atoms with Gasteiger partial charge in [-0.2, -0.15) is 5.10 Å². The number of benzene rings is 1. The standard InChI is InChI=1S/C11H8ClN5O2/c1-6-10(19)14-11(17-15-6)16-13-5-7-4-8(12)2-3-9(7)18/h2-5,18H,1H2,(H,14,16,19)/b13-5+. The summed E-state index contributed by atoms with van der Waals surface area (Å²) >= 11 is 5.77. The van der Waals surface area contributed by atoms with Gasteiger partial charge in [0.05, 0.1) is 6.21 Å². The maximum absolute atomic E-state index is 11.2. The van der Waals surface area contributed by atoms with Crippen molar-refractivity contribution in [2.24, 2.45) is 20.4 Å². The molecule has 0 unspecified atom stereocenters. The normalized spacial score (nSPS) is 17.2. The largest absolute Gasteiger partial charge is 0.507 e. The minimum absolute atomic E-state index is 0.00425. The molecule has 1 aromatic rings. The molecule has 0 spiro atoms. The third-order valence-corrected chi connectivity index (χ3v) is 2.33. The van der Waals surface area contributed by atoms with Gasteiger partial charge in [0, 0.05) is 10.6 Å². The van der Waals surface area contributed by atoms with Crippen molar-refractivity contribution in [1.29, 1.82) is 0 Å². The van der Waals surface area contributed by atoms with Crippen LogP contribution in [0, 0.1) is 0 Å². The number of nitrogens with zero attached hydrogens (tertiary/aromatic N) is 4. The van der Waals surface area contributed by atoms with E-state index in [2.05, 4.69) is 32.3 Å². The zero-order chi connectivity index (χ0) is 13.8. The highest BCUT2D eigenvalue weighted by Gasteiger charge is 2.14. The average molecular weight is 278 g/mol. The molecule has 0 saturated carbocycles. The van der Waals surface area contributed by atoms with E-state index < -0.39 is 5.91 Å². The van der Waals surface area contributed by atoms with E-state index in [0.717, 1.165) is 0 Å². The molecule has 96 valence electrons. The summed E-state index contributed by atoms with van der Waals surface area (Å²) in [5.41, 5.74) is 0.385. The van der Waals surface area contributed by atoms with E-state index in [1.165, 1.54) is 18.3 Å². The average Bonchev–Trinajstić information content (AvgIpc) is 2.38. The quantitative estimate of drug-likeness (QED) is 0.490. The number of amides is 1. The Morgan fingerprint density at radius 2 is 2.21 bits per heavy atom. The predicted octanol–water partition coefficient (Wildman–Crippen LogP) is 1.83. The number of hydrogen-bond acceptors (Lipinski definition) is 5. The van der Waals surface area contributed by atoms with E-state index in [9.17, 15) is 9.90 Å². The Hall–Kier alpha value is -2.54. The number of guanidine groups is 1. The molecule has 0 atom stereocenters. The summed E-state index contributed by atoms with van der Waals surface area (Å²) in [5, 5.41) is 26.7. The third-order valence-electron chi connectivity index (χ3n) is 2.09. The summed E-state index contributed by atoms with van der Waals surface area (Å²) in [6, 6.07) is 4.49. The van der Waals surface area contributed by atoms with Crippen LogP contribution >= 0.6 is 11.6 Å². The van der Waals surface area contributed by atoms with Crippen LogP contribution in [0.25, 0.3) is 0 Å². The number of carbonyl (C=O) groups excluding carboxylic acids is 1. The van der Waals surface area contributed by atoms with Gasteiger partial charge in [-0.05, 0) is 18.2 Å². The molecule has 7 nitrogen and oxygen atoms in total. The van der Waals surface area contributed by atoms with E-state index in [-0.39, 0.29) is 17.4 Å². The van der Waals surface area contributed by atoms with Gasteiger partial charge in [0.15, 0.2) is 0 Å². The second-order valence-corrected chi connectivity index (χ2v) is 3.91. The van der Waals surface area contributed by atoms with Gasteiger partial charge in [0.25, 0.3) is 11.9 Å². The first kappa shape index (κ1) is 12.9. The van der Waals surface area contributed by atoms with Crippen LogP contribution in [-0.4, -0.2) is 23.2 Å². The number of aromatic hydroxyl groups is 1. The summed E-state index contributed by atoms with van der Waals surface area (Å²) in [6.45, 7) is 3.37. The van der Waals surface area contributed by atoms with Crippen LogP contribution in [0.4, 0.5) is 0 Å². The highest BCUT2D eigenvalue weighted by atomic mass is 35.5. The Morgan fingerprint density at radius 1 is 1.42 bits per heavy atom. The smallest absolute Gasteiger partial charge is 0.277 e. The van der Waals surface area contributed by atoms with E-state index in [1.807, 2.05) is 0 Å². The lowest BCUT2D eigenvalue weighted by Crippen LogP contribution is -2.32. The molecule has 1 aliphatic rings. The van der Waals surface area contributed by atoms with E-state index in [4.69, 9.17) is 11.6 Å². The lowest BCUT2D eigenvalue weighted by molar-refractivity contribution is -0.116. The second-order valence-electron chi connectivity index (χ2n) is 3.47. The SMILES string of the molecule is C=C1N=N/C(=N/N=C/c2cc(Cl)ccc2O)NC1=O. The number of carbonyl (C=O) groups is 1. The van der Waals surface area contributed by atoms with Crippen molar-refractivity contribution < 1.29 is 9.90 Å². The van der Waals surface area contributed by atoms with E-state index in [0.29, 0.717) is 10.6 Å². The van der Waals surface area contributed by atoms with Crippen LogP contribution in [0.5, 0.6) is 5.75 Å². The van der Waals surface area contributed by atoms with Gasteiger partial charge >= 0.3 is 0 Å². The number of hydrogen-bond donors (Lipinski definition) is 2. The molecule has 1 aliphatic heterocycles. The van der Waals surface area contributed by atoms with Crippen molar-refractivity contribution in [1.82, 2.24) is 5.32 Å². The van der Waals surface area contributed by atoms with E-state index >= 15 is 0 Å². The zero-order valence-electron chi connectivity index (χ0n) is 9.54. The first-order valence-electron chi connectivity index (χ1n) is 5.08. The van der Waals surface area contributed by atoms with Gasteiger partial charge in [-0.3, -0.25) is 10.1 Å². The van der Waals surface area contributed by atoms with Crippen LogP contribution in [0.15, 0.2) is 50.9 Å². The Labute approximate surface area is 113 Å². The van der Waals surface area contributed by atoms with Gasteiger partial charge < -0.3 is 5.11 Å². The fourth-order valence-electron chi connectivity index (χ4n) is 1.17. The van der Waals surface area contributed by atoms with Crippen LogP contribution < -0.4 is 5.32 Å². The minimum Gasteiger partial charge on any atom is -0.507 e. The Bertz CT molecular complexity index is 636. The fraction of sp³-hybridized carbons (Fsp3) is 0. The predicted molar refractivity (Wildman–Crippen MR) is 70.3 cm³/mol. The minimum atomic E-state index is -0.491. The second kappa shape index (κ2) is 5.40. The zero-order valence-corrected chi connectivity index (χ0v) is 10.3. The molecule has 1 aromatic carbocycles. The van der Waals surface area contributed by atoms with Crippen molar-refractivity contribution in [2.45, 2.75) is 0 Å². The van der Waals surface area contributed by atoms with Crippen molar-refractivity contribution >= 4 is 29.7 Å². The van der Waals surface area contributed by atoms with Gasteiger partial charge in [-0.25, -0.2) is 0 Å². The van der Waals surface area contributed by atoms with Crippen molar-refractivity contribution in [3.63, 3.8) is 0 Å². The molecular weight excluding hydrogens is 270 g/mol. The molecule has 1 heterocycles. The topological polar surface area (TPSA) is 98.8 Å². The Morgan fingerprint density at radius 3 is 2.95 bits per heavy atom. The molecule has 8 heteroatoms. The number of azo groups is 1. The third kappa shape index (κ3) is 3.23. The van der Waals surface area contributed by atoms with Crippen molar-refractivity contribution in [3.8, 4) is 5.75 Å². The molecular formula is C11H8ClN5O2. The number of phenols is 1. The summed E-state index contributed by atoms with van der Waals surface area (Å²) in [4.78, 5) is 11.2. The maximum atomic E-state index is 11.2. The molecule has 0 aliphatic carbocycles. The number of nitrogens with one attached hydrogen (secondary N) is 1. The highest BCUT2D eigenvalue weighted by molar-refractivity contribution is 6.30. The van der Waals surface area contributed by atoms with Gasteiger partial charge in [-0.1, -0.05) is 18.2 Å². The van der Waals surface area contributed by atoms with Gasteiger partial charge in [0.1, 0.15) is 11.4 Å². The molecule has 0 aromatic heterocycles. The first-order valence-corrected chi connectivity index (χ1v) is 5.45. The number of rotatable bonds is 2. The van der Waals surface area contributed by atoms with Crippen LogP contribution in [0.3, 0.4) is 0 Å². The molecule has 0 radical (unpaired) electrons. The van der Waals surface area contributed by atoms with Crippen molar-refractivity contribution in [3.05, 3.63) is 41.1 Å². The fourth-order valence-corrected chi connectivity index (χ4v) is 1.35. The summed E-state index contributed by atoms with van der Waals surface area (Å²) < 4.78 is 0. The first-order chi connectivity index (χ1) is 9.06. The van der Waals surface area contributed by atoms with Crippen LogP contribution in [-0.2, 0) is 4.79 Å². The molecule has 19 heavy (non-hydrogen) atoms. The highest BCUT2D eigenvalue weighted by Crippen LogP contribution is 2.19. The Balaban J connectivity index is 2.16. The summed E-state index contributed by atoms with van der Waals surface area (Å²) in [6.07, 6.45) is 1.28. The molecule has 0 saturated heterocycles. The molecule has 1 amide bonds. The molecule has 0 bridgehead atoms. The summed E-state index contributed by atoms with van der Waals surface area (Å²) in [5.74, 6) is -0.541. The maximum Gasteiger partial charge on any atom is 0.277 e.